The molecule has 4 bridgehead atoms. The molecule has 3 aromatic rings. The normalized spacial score (nSPS) is 34.8. The molecule has 0 N–H and O–H groups in total. The Bertz CT molecular complexity index is 1470. The van der Waals surface area contributed by atoms with Crippen LogP contribution in [0, 0.1) is 11.3 Å². The van der Waals surface area contributed by atoms with E-state index < -0.39 is 34.3 Å². The first kappa shape index (κ1) is 22.4. The Balaban J connectivity index is 1.11. The van der Waals surface area contributed by atoms with Crippen LogP contribution < -0.4 is 4.74 Å². The molecule has 0 spiro atoms. The lowest BCUT2D eigenvalue weighted by atomic mass is 9.59. The van der Waals surface area contributed by atoms with E-state index in [0.29, 0.717) is 25.0 Å². The number of hydrogen-bond donors (Lipinski definition) is 0. The number of carbonyl (C=O) groups excluding carboxylic acids is 3. The van der Waals surface area contributed by atoms with Gasteiger partial charge in [0.05, 0.1) is 5.92 Å². The molecule has 6 nitrogen and oxygen atoms in total. The molecule has 0 aromatic heterocycles. The molecule has 190 valence electrons. The second-order valence-corrected chi connectivity index (χ2v) is 12.4. The number of para-hydroxylation sites is 1. The summed E-state index contributed by atoms with van der Waals surface area (Å²) in [6, 6.07) is 25.4. The number of rotatable bonds is 4. The van der Waals surface area contributed by atoms with E-state index in [1.165, 1.54) is 22.9 Å². The van der Waals surface area contributed by atoms with Gasteiger partial charge < -0.3 is 14.2 Å². The van der Waals surface area contributed by atoms with E-state index in [1.807, 2.05) is 30.3 Å². The predicted octanol–water partition coefficient (Wildman–Crippen LogP) is 4.95. The van der Waals surface area contributed by atoms with Crippen molar-refractivity contribution in [2.45, 2.75) is 47.4 Å². The van der Waals surface area contributed by atoms with Crippen LogP contribution >= 0.6 is 11.8 Å². The van der Waals surface area contributed by atoms with Gasteiger partial charge >= 0.3 is 17.9 Å². The number of carbonyl (C=O) groups is 3. The van der Waals surface area contributed by atoms with E-state index in [1.54, 1.807) is 24.3 Å². The molecule has 3 aromatic carbocycles. The van der Waals surface area contributed by atoms with Crippen LogP contribution in [0.15, 0.2) is 78.9 Å². The van der Waals surface area contributed by atoms with Gasteiger partial charge in [-0.2, -0.15) is 0 Å². The van der Waals surface area contributed by atoms with Crippen molar-refractivity contribution < 1.29 is 28.6 Å². The Hall–Kier alpha value is -3.58. The summed E-state index contributed by atoms with van der Waals surface area (Å²) in [7, 11) is 0. The molecule has 5 unspecified atom stereocenters. The first-order chi connectivity index (χ1) is 18.5. The fraction of sp³-hybridized carbons (Fsp3) is 0.323. The summed E-state index contributed by atoms with van der Waals surface area (Å²) in [6.07, 6.45) is 1.37. The zero-order valence-electron chi connectivity index (χ0n) is 20.4. The van der Waals surface area contributed by atoms with Crippen molar-refractivity contribution in [3.05, 3.63) is 101 Å². The standard InChI is InChI=1S/C31H24O6S/c32-26(24-14-23-19-10-4-6-12-21(19)25(24)22-13-7-5-11-20(22)23)36-31-16-18-15-30(27(31)38-18,29(34)37-31)28(33)35-17-8-2-1-3-9-17/h1-13,18,23-25,27H,14-16H2. The topological polar surface area (TPSA) is 78.9 Å². The average Bonchev–Trinajstić information content (AvgIpc) is 3.53. The maximum atomic E-state index is 14.0. The highest BCUT2D eigenvalue weighted by atomic mass is 32.2. The van der Waals surface area contributed by atoms with Gasteiger partial charge in [0.25, 0.3) is 5.79 Å². The second kappa shape index (κ2) is 7.73. The van der Waals surface area contributed by atoms with Crippen molar-refractivity contribution in [1.82, 2.24) is 0 Å². The van der Waals surface area contributed by atoms with Crippen LogP contribution in [0.1, 0.15) is 53.4 Å². The van der Waals surface area contributed by atoms with Crippen molar-refractivity contribution in [3.63, 3.8) is 0 Å². The van der Waals surface area contributed by atoms with Gasteiger partial charge in [-0.25, -0.2) is 0 Å². The van der Waals surface area contributed by atoms with Crippen LogP contribution in [-0.2, 0) is 23.9 Å². The molecule has 0 amide bonds. The van der Waals surface area contributed by atoms with E-state index in [9.17, 15) is 14.4 Å². The lowest BCUT2D eigenvalue weighted by molar-refractivity contribution is -0.217. The first-order valence-electron chi connectivity index (χ1n) is 13.1. The summed E-state index contributed by atoms with van der Waals surface area (Å²) in [5, 5.41) is -0.639. The quantitative estimate of drug-likeness (QED) is 0.272. The van der Waals surface area contributed by atoms with Crippen LogP contribution in [0.5, 0.6) is 5.75 Å². The molecule has 3 saturated heterocycles. The number of thioether (sulfide) groups is 1. The van der Waals surface area contributed by atoms with Crippen molar-refractivity contribution in [3.8, 4) is 5.75 Å². The fourth-order valence-corrected chi connectivity index (χ4v) is 9.56. The molecule has 5 atom stereocenters. The minimum absolute atomic E-state index is 0.0215. The fourth-order valence-electron chi connectivity index (χ4n) is 7.57. The van der Waals surface area contributed by atoms with Crippen LogP contribution in [0.25, 0.3) is 0 Å². The van der Waals surface area contributed by atoms with Gasteiger partial charge in [-0.15, -0.1) is 11.8 Å². The van der Waals surface area contributed by atoms with E-state index in [0.717, 1.165) is 11.1 Å². The number of benzene rings is 3. The van der Waals surface area contributed by atoms with Crippen LogP contribution in [0.4, 0.5) is 0 Å². The molecule has 3 aliphatic carbocycles. The monoisotopic (exact) mass is 524 g/mol. The first-order valence-corrected chi connectivity index (χ1v) is 14.0. The smallest absolute Gasteiger partial charge is 0.330 e. The molecule has 3 aliphatic heterocycles. The third kappa shape index (κ3) is 2.83. The van der Waals surface area contributed by atoms with Gasteiger partial charge in [0.2, 0.25) is 0 Å². The molecule has 0 radical (unpaired) electrons. The van der Waals surface area contributed by atoms with Crippen LogP contribution in [0.2, 0.25) is 0 Å². The highest BCUT2D eigenvalue weighted by molar-refractivity contribution is 8.01. The minimum atomic E-state index is -1.46. The van der Waals surface area contributed by atoms with Gasteiger partial charge in [-0.05, 0) is 47.2 Å². The van der Waals surface area contributed by atoms with E-state index in [4.69, 9.17) is 14.2 Å². The van der Waals surface area contributed by atoms with Gasteiger partial charge in [-0.3, -0.25) is 14.4 Å². The largest absolute Gasteiger partial charge is 0.426 e. The molecule has 3 fully saturated rings. The molecule has 6 aliphatic rings. The minimum Gasteiger partial charge on any atom is -0.426 e. The molecule has 9 rings (SSSR count). The highest BCUT2D eigenvalue weighted by Gasteiger charge is 2.80. The van der Waals surface area contributed by atoms with Gasteiger partial charge in [0.1, 0.15) is 11.0 Å². The van der Waals surface area contributed by atoms with Crippen molar-refractivity contribution in [2.24, 2.45) is 11.3 Å². The lowest BCUT2D eigenvalue weighted by Crippen LogP contribution is -2.52. The maximum Gasteiger partial charge on any atom is 0.330 e. The van der Waals surface area contributed by atoms with E-state index in [2.05, 4.69) is 24.3 Å². The van der Waals surface area contributed by atoms with Crippen LogP contribution in [0.3, 0.4) is 0 Å². The lowest BCUT2D eigenvalue weighted by Gasteiger charge is -2.45. The molecule has 38 heavy (non-hydrogen) atoms. The van der Waals surface area contributed by atoms with E-state index >= 15 is 0 Å². The Morgan fingerprint density at radius 2 is 1.47 bits per heavy atom. The number of esters is 3. The Kier molecular flexibility index (Phi) is 4.56. The van der Waals surface area contributed by atoms with Crippen molar-refractivity contribution in [2.75, 3.05) is 0 Å². The molecular formula is C31H24O6S. The molecule has 0 saturated carbocycles. The Labute approximate surface area is 223 Å². The number of hydrogen-bond acceptors (Lipinski definition) is 7. The highest BCUT2D eigenvalue weighted by Crippen LogP contribution is 2.67. The Morgan fingerprint density at radius 1 is 0.842 bits per heavy atom. The molecule has 7 heteroatoms. The van der Waals surface area contributed by atoms with Gasteiger partial charge in [-0.1, -0.05) is 66.7 Å². The number of fused-ring (bicyclic) bond motifs is 2. The predicted molar refractivity (Wildman–Crippen MR) is 139 cm³/mol. The summed E-state index contributed by atoms with van der Waals surface area (Å²) in [4.78, 5) is 40.7. The SMILES string of the molecule is O=C(OC12CC3CC(C(=O)Oc4ccccc4)(C(=O)O1)C2S3)C1CC2c3ccccc3C1c1ccccc12. The maximum absolute atomic E-state index is 14.0. The summed E-state index contributed by atoms with van der Waals surface area (Å²) >= 11 is 1.51. The molecule has 3 heterocycles. The van der Waals surface area contributed by atoms with E-state index in [-0.39, 0.29) is 23.1 Å². The van der Waals surface area contributed by atoms with Gasteiger partial charge in [0, 0.05) is 23.5 Å². The number of ether oxygens (including phenoxy) is 3. The third-order valence-electron chi connectivity index (χ3n) is 9.07. The zero-order valence-corrected chi connectivity index (χ0v) is 21.2. The summed E-state index contributed by atoms with van der Waals surface area (Å²) in [5.74, 6) is -3.11. The Morgan fingerprint density at radius 3 is 2.13 bits per heavy atom. The van der Waals surface area contributed by atoms with Crippen LogP contribution in [-0.4, -0.2) is 34.2 Å². The third-order valence-corrected chi connectivity index (χ3v) is 10.8. The van der Waals surface area contributed by atoms with Crippen molar-refractivity contribution in [1.29, 1.82) is 0 Å². The van der Waals surface area contributed by atoms with Gasteiger partial charge in [0.15, 0.2) is 5.41 Å². The summed E-state index contributed by atoms with van der Waals surface area (Å²) in [5.41, 5.74) is 3.39. The zero-order chi connectivity index (χ0) is 25.6. The van der Waals surface area contributed by atoms with Crippen molar-refractivity contribution >= 4 is 29.7 Å². The molecular weight excluding hydrogens is 500 g/mol. The summed E-state index contributed by atoms with van der Waals surface area (Å²) < 4.78 is 17.7. The summed E-state index contributed by atoms with van der Waals surface area (Å²) in [6.45, 7) is 0. The second-order valence-electron chi connectivity index (χ2n) is 11.0. The average molecular weight is 525 g/mol.